The zero-order chi connectivity index (χ0) is 12.7. The molecule has 94 valence electrons. The van der Waals surface area contributed by atoms with Gasteiger partial charge in [0.1, 0.15) is 0 Å². The van der Waals surface area contributed by atoms with E-state index in [1.807, 2.05) is 42.2 Å². The number of amides is 1. The molecule has 0 aromatic heterocycles. The third-order valence-electron chi connectivity index (χ3n) is 2.56. The van der Waals surface area contributed by atoms with Crippen molar-refractivity contribution >= 4 is 5.91 Å². The van der Waals surface area contributed by atoms with Gasteiger partial charge in [-0.3, -0.25) is 4.79 Å². The minimum absolute atomic E-state index is 0.0716. The highest BCUT2D eigenvalue weighted by Gasteiger charge is 2.14. The predicted molar refractivity (Wildman–Crippen MR) is 70.4 cm³/mol. The lowest BCUT2D eigenvalue weighted by molar-refractivity contribution is -0.132. The Morgan fingerprint density at radius 1 is 1.35 bits per heavy atom. The van der Waals surface area contributed by atoms with Gasteiger partial charge >= 0.3 is 0 Å². The van der Waals surface area contributed by atoms with Gasteiger partial charge in [0.05, 0.1) is 0 Å². The molecule has 0 aliphatic carbocycles. The zero-order valence-corrected chi connectivity index (χ0v) is 10.7. The minimum atomic E-state index is -0.0716. The summed E-state index contributed by atoms with van der Waals surface area (Å²) in [5.41, 5.74) is 6.84. The normalized spacial score (nSPS) is 12.2. The van der Waals surface area contributed by atoms with Gasteiger partial charge in [0.15, 0.2) is 0 Å². The maximum Gasteiger partial charge on any atom is 0.224 e. The summed E-state index contributed by atoms with van der Waals surface area (Å²) < 4.78 is 0. The summed E-state index contributed by atoms with van der Waals surface area (Å²) >= 11 is 0. The fourth-order valence-electron chi connectivity index (χ4n) is 1.77. The van der Waals surface area contributed by atoms with Crippen LogP contribution in [0.2, 0.25) is 0 Å². The lowest BCUT2D eigenvalue weighted by Crippen LogP contribution is -2.35. The topological polar surface area (TPSA) is 46.3 Å². The SMILES string of the molecule is CCCN(Cc1ccccc1)C(=O)CC(C)N. The summed E-state index contributed by atoms with van der Waals surface area (Å²) in [7, 11) is 0. The van der Waals surface area contributed by atoms with Crippen LogP contribution in [0.5, 0.6) is 0 Å². The van der Waals surface area contributed by atoms with Crippen LogP contribution >= 0.6 is 0 Å². The van der Waals surface area contributed by atoms with Gasteiger partial charge in [-0.25, -0.2) is 0 Å². The first-order chi connectivity index (χ1) is 8.13. The molecule has 0 aliphatic rings. The Morgan fingerprint density at radius 2 is 2.00 bits per heavy atom. The first kappa shape index (κ1) is 13.7. The van der Waals surface area contributed by atoms with Crippen molar-refractivity contribution in [3.05, 3.63) is 35.9 Å². The standard InChI is InChI=1S/C14H22N2O/c1-3-9-16(14(17)10-12(2)15)11-13-7-5-4-6-8-13/h4-8,12H,3,9-11,15H2,1-2H3. The number of carbonyl (C=O) groups is 1. The van der Waals surface area contributed by atoms with Crippen molar-refractivity contribution in [1.29, 1.82) is 0 Å². The lowest BCUT2D eigenvalue weighted by atomic mass is 10.1. The molecule has 17 heavy (non-hydrogen) atoms. The number of rotatable bonds is 6. The average Bonchev–Trinajstić information content (AvgIpc) is 2.29. The van der Waals surface area contributed by atoms with Gasteiger partial charge in [-0.05, 0) is 18.9 Å². The molecule has 0 radical (unpaired) electrons. The second kappa shape index (κ2) is 7.07. The number of carbonyl (C=O) groups excluding carboxylic acids is 1. The number of benzene rings is 1. The molecule has 1 amide bonds. The van der Waals surface area contributed by atoms with Crippen LogP contribution < -0.4 is 5.73 Å². The Bertz CT molecular complexity index is 335. The molecule has 0 aliphatic heterocycles. The molecule has 0 heterocycles. The molecule has 1 unspecified atom stereocenters. The summed E-state index contributed by atoms with van der Waals surface area (Å²) in [6, 6.07) is 9.99. The summed E-state index contributed by atoms with van der Waals surface area (Å²) in [6.07, 6.45) is 1.39. The highest BCUT2D eigenvalue weighted by atomic mass is 16.2. The maximum absolute atomic E-state index is 12.0. The van der Waals surface area contributed by atoms with E-state index in [0.29, 0.717) is 13.0 Å². The van der Waals surface area contributed by atoms with E-state index < -0.39 is 0 Å². The molecule has 3 heteroatoms. The lowest BCUT2D eigenvalue weighted by Gasteiger charge is -2.23. The number of hydrogen-bond donors (Lipinski definition) is 1. The van der Waals surface area contributed by atoms with Crippen molar-refractivity contribution in [3.63, 3.8) is 0 Å². The summed E-state index contributed by atoms with van der Waals surface area (Å²) in [6.45, 7) is 5.42. The van der Waals surface area contributed by atoms with Crippen LogP contribution in [-0.2, 0) is 11.3 Å². The molecule has 0 fully saturated rings. The fourth-order valence-corrected chi connectivity index (χ4v) is 1.77. The van der Waals surface area contributed by atoms with E-state index >= 15 is 0 Å². The highest BCUT2D eigenvalue weighted by molar-refractivity contribution is 5.76. The number of hydrogen-bond acceptors (Lipinski definition) is 2. The Kier molecular flexibility index (Phi) is 5.70. The Labute approximate surface area is 104 Å². The van der Waals surface area contributed by atoms with Crippen molar-refractivity contribution in [2.24, 2.45) is 5.73 Å². The van der Waals surface area contributed by atoms with E-state index in [2.05, 4.69) is 6.92 Å². The van der Waals surface area contributed by atoms with Gasteiger partial charge < -0.3 is 10.6 Å². The Hall–Kier alpha value is -1.35. The van der Waals surface area contributed by atoms with E-state index in [9.17, 15) is 4.79 Å². The van der Waals surface area contributed by atoms with Gasteiger partial charge in [-0.2, -0.15) is 0 Å². The Balaban J connectivity index is 2.63. The van der Waals surface area contributed by atoms with Crippen LogP contribution in [0.1, 0.15) is 32.3 Å². The summed E-state index contributed by atoms with van der Waals surface area (Å²) in [4.78, 5) is 13.9. The number of nitrogens with two attached hydrogens (primary N) is 1. The monoisotopic (exact) mass is 234 g/mol. The molecule has 1 atom stereocenters. The first-order valence-electron chi connectivity index (χ1n) is 6.20. The van der Waals surface area contributed by atoms with Crippen molar-refractivity contribution in [3.8, 4) is 0 Å². The smallest absolute Gasteiger partial charge is 0.224 e. The van der Waals surface area contributed by atoms with Crippen molar-refractivity contribution in [2.45, 2.75) is 39.3 Å². The molecule has 0 saturated heterocycles. The van der Waals surface area contributed by atoms with Crippen molar-refractivity contribution in [1.82, 2.24) is 4.90 Å². The first-order valence-corrected chi connectivity index (χ1v) is 6.20. The minimum Gasteiger partial charge on any atom is -0.338 e. The average molecular weight is 234 g/mol. The van der Waals surface area contributed by atoms with Gasteiger partial charge in [-0.15, -0.1) is 0 Å². The van der Waals surface area contributed by atoms with Gasteiger partial charge in [0.2, 0.25) is 5.91 Å². The molecule has 1 aromatic rings. The molecule has 0 bridgehead atoms. The van der Waals surface area contributed by atoms with Crippen molar-refractivity contribution < 1.29 is 4.79 Å². The Morgan fingerprint density at radius 3 is 2.53 bits per heavy atom. The second-order valence-corrected chi connectivity index (χ2v) is 4.48. The van der Waals surface area contributed by atoms with Crippen LogP contribution in [0.15, 0.2) is 30.3 Å². The van der Waals surface area contributed by atoms with E-state index in [-0.39, 0.29) is 11.9 Å². The summed E-state index contributed by atoms with van der Waals surface area (Å²) in [5, 5.41) is 0. The summed E-state index contributed by atoms with van der Waals surface area (Å²) in [5.74, 6) is 0.144. The molecule has 1 aromatic carbocycles. The van der Waals surface area contributed by atoms with Crippen molar-refractivity contribution in [2.75, 3.05) is 6.54 Å². The fraction of sp³-hybridized carbons (Fsp3) is 0.500. The van der Waals surface area contributed by atoms with Crippen LogP contribution in [0.4, 0.5) is 0 Å². The molecular formula is C14H22N2O. The van der Waals surface area contributed by atoms with Gasteiger partial charge in [0, 0.05) is 25.6 Å². The predicted octanol–water partition coefficient (Wildman–Crippen LogP) is 2.16. The van der Waals surface area contributed by atoms with Crippen LogP contribution in [0.3, 0.4) is 0 Å². The van der Waals surface area contributed by atoms with E-state index in [0.717, 1.165) is 13.0 Å². The third-order valence-corrected chi connectivity index (χ3v) is 2.56. The molecular weight excluding hydrogens is 212 g/mol. The van der Waals surface area contributed by atoms with Crippen LogP contribution in [-0.4, -0.2) is 23.4 Å². The van der Waals surface area contributed by atoms with Crippen LogP contribution in [0.25, 0.3) is 0 Å². The van der Waals surface area contributed by atoms with E-state index in [4.69, 9.17) is 5.73 Å². The third kappa shape index (κ3) is 5.00. The quantitative estimate of drug-likeness (QED) is 0.820. The molecule has 2 N–H and O–H groups in total. The molecule has 3 nitrogen and oxygen atoms in total. The van der Waals surface area contributed by atoms with Gasteiger partial charge in [0.25, 0.3) is 0 Å². The van der Waals surface area contributed by atoms with E-state index in [1.54, 1.807) is 0 Å². The molecule has 1 rings (SSSR count). The molecule has 0 saturated carbocycles. The largest absolute Gasteiger partial charge is 0.338 e. The zero-order valence-electron chi connectivity index (χ0n) is 10.7. The maximum atomic E-state index is 12.0. The van der Waals surface area contributed by atoms with Gasteiger partial charge in [-0.1, -0.05) is 37.3 Å². The second-order valence-electron chi connectivity index (χ2n) is 4.48. The highest BCUT2D eigenvalue weighted by Crippen LogP contribution is 2.07. The van der Waals surface area contributed by atoms with Crippen LogP contribution in [0, 0.1) is 0 Å². The number of nitrogens with zero attached hydrogens (tertiary/aromatic N) is 1. The van der Waals surface area contributed by atoms with E-state index in [1.165, 1.54) is 5.56 Å². The molecule has 0 spiro atoms.